The van der Waals surface area contributed by atoms with Gasteiger partial charge in [-0.05, 0) is 80.5 Å². The molecular formula is C28H45NO4. The molecule has 0 aromatic rings. The third-order valence-electron chi connectivity index (χ3n) is 11.1. The topological polar surface area (TPSA) is 66.8 Å². The van der Waals surface area contributed by atoms with Crippen molar-refractivity contribution in [3.8, 4) is 0 Å². The number of rotatable bonds is 4. The Morgan fingerprint density at radius 3 is 2.70 bits per heavy atom. The van der Waals surface area contributed by atoms with Crippen molar-refractivity contribution < 1.29 is 19.4 Å². The van der Waals surface area contributed by atoms with Crippen molar-refractivity contribution in [3.63, 3.8) is 0 Å². The van der Waals surface area contributed by atoms with E-state index in [0.29, 0.717) is 30.0 Å². The van der Waals surface area contributed by atoms with E-state index >= 15 is 0 Å². The van der Waals surface area contributed by atoms with Crippen molar-refractivity contribution in [3.05, 3.63) is 0 Å². The highest BCUT2D eigenvalue weighted by atomic mass is 16.5. The number of morpholine rings is 1. The second-order valence-corrected chi connectivity index (χ2v) is 12.8. The van der Waals surface area contributed by atoms with Crippen molar-refractivity contribution in [1.82, 2.24) is 4.90 Å². The largest absolute Gasteiger partial charge is 0.391 e. The van der Waals surface area contributed by atoms with Crippen LogP contribution in [0.1, 0.15) is 85.5 Å². The number of aliphatic hydroxyl groups is 1. The minimum atomic E-state index is -0.308. The average molecular weight is 460 g/mol. The SMILES string of the molecule is CCC[C@@H]1CN([C@H]2C[C@@]3(C)[C@@H](CC[C@H]4[C@@H]5CC[C@H](C(C)=O)[C@@]5(C)CC(=O)[C@@H]43)C[C@@H]2O)CCO1. The summed E-state index contributed by atoms with van der Waals surface area (Å²) in [6.45, 7) is 11.1. The Morgan fingerprint density at radius 2 is 1.97 bits per heavy atom. The van der Waals surface area contributed by atoms with Gasteiger partial charge >= 0.3 is 0 Å². The summed E-state index contributed by atoms with van der Waals surface area (Å²) < 4.78 is 5.99. The Kier molecular flexibility index (Phi) is 6.32. The van der Waals surface area contributed by atoms with Gasteiger partial charge < -0.3 is 9.84 Å². The first-order chi connectivity index (χ1) is 15.7. The molecule has 5 rings (SSSR count). The molecule has 0 bridgehead atoms. The summed E-state index contributed by atoms with van der Waals surface area (Å²) in [5.74, 6) is 2.19. The lowest BCUT2D eigenvalue weighted by Gasteiger charge is -2.61. The fourth-order valence-electron chi connectivity index (χ4n) is 9.68. The number of ether oxygens (including phenoxy) is 1. The van der Waals surface area contributed by atoms with Crippen LogP contribution < -0.4 is 0 Å². The first-order valence-electron chi connectivity index (χ1n) is 13.8. The predicted octanol–water partition coefficient (Wildman–Crippen LogP) is 4.25. The molecular weight excluding hydrogens is 414 g/mol. The van der Waals surface area contributed by atoms with Crippen LogP contribution in [0.4, 0.5) is 0 Å². The molecule has 0 radical (unpaired) electrons. The number of Topliss-reactive ketones (excluding diaryl/α,β-unsaturated/α-hetero) is 2. The van der Waals surface area contributed by atoms with E-state index in [4.69, 9.17) is 4.74 Å². The van der Waals surface area contributed by atoms with Gasteiger partial charge in [0.15, 0.2) is 0 Å². The molecule has 0 unspecified atom stereocenters. The molecule has 186 valence electrons. The average Bonchev–Trinajstić information content (AvgIpc) is 3.10. The van der Waals surface area contributed by atoms with E-state index in [2.05, 4.69) is 25.7 Å². The molecule has 33 heavy (non-hydrogen) atoms. The van der Waals surface area contributed by atoms with Crippen LogP contribution in [0.25, 0.3) is 0 Å². The third-order valence-corrected chi connectivity index (χ3v) is 11.1. The molecule has 4 saturated carbocycles. The summed E-state index contributed by atoms with van der Waals surface area (Å²) in [6.07, 6.45) is 8.74. The Bertz CT molecular complexity index is 782. The van der Waals surface area contributed by atoms with Crippen LogP contribution in [0.15, 0.2) is 0 Å². The highest BCUT2D eigenvalue weighted by Crippen LogP contribution is 2.66. The van der Waals surface area contributed by atoms with E-state index in [0.717, 1.165) is 71.1 Å². The Labute approximate surface area is 200 Å². The molecule has 10 atom stereocenters. The van der Waals surface area contributed by atoms with Gasteiger partial charge in [0, 0.05) is 37.4 Å². The molecule has 0 aromatic carbocycles. The van der Waals surface area contributed by atoms with Crippen molar-refractivity contribution in [2.45, 2.75) is 104 Å². The van der Waals surface area contributed by atoms with E-state index in [1.54, 1.807) is 6.92 Å². The lowest BCUT2D eigenvalue weighted by atomic mass is 9.43. The van der Waals surface area contributed by atoms with Gasteiger partial charge in [0.1, 0.15) is 11.6 Å². The summed E-state index contributed by atoms with van der Waals surface area (Å²) in [4.78, 5) is 28.8. The molecule has 5 heteroatoms. The van der Waals surface area contributed by atoms with Crippen molar-refractivity contribution in [2.75, 3.05) is 19.7 Å². The van der Waals surface area contributed by atoms with Crippen LogP contribution in [0.2, 0.25) is 0 Å². The Balaban J connectivity index is 1.40. The standard InChI is InChI=1S/C28H45NO4/c1-5-6-19-16-29(11-12-33-19)23-14-27(3)18(13-24(23)31)7-8-20-22-10-9-21(17(2)30)28(22,4)15-25(32)26(20)27/h18-24,26,31H,5-16H2,1-4H3/t18-,19+,20-,21+,22-,23-,24-,26+,27-,28+/m0/s1. The minimum Gasteiger partial charge on any atom is -0.391 e. The molecule has 5 aliphatic rings. The molecule has 1 saturated heterocycles. The molecule has 1 heterocycles. The highest BCUT2D eigenvalue weighted by molar-refractivity contribution is 5.87. The van der Waals surface area contributed by atoms with E-state index in [1.165, 1.54) is 0 Å². The molecule has 0 aromatic heterocycles. The second-order valence-electron chi connectivity index (χ2n) is 12.8. The van der Waals surface area contributed by atoms with Crippen LogP contribution in [0.3, 0.4) is 0 Å². The number of nitrogens with zero attached hydrogens (tertiary/aromatic N) is 1. The quantitative estimate of drug-likeness (QED) is 0.681. The van der Waals surface area contributed by atoms with Gasteiger partial charge in [-0.2, -0.15) is 0 Å². The fraction of sp³-hybridized carbons (Fsp3) is 0.929. The van der Waals surface area contributed by atoms with Crippen LogP contribution in [0, 0.1) is 40.4 Å². The summed E-state index contributed by atoms with van der Waals surface area (Å²) in [6, 6.07) is 0.128. The lowest BCUT2D eigenvalue weighted by molar-refractivity contribution is -0.173. The zero-order valence-electron chi connectivity index (χ0n) is 21.2. The van der Waals surface area contributed by atoms with E-state index in [1.807, 2.05) is 0 Å². The number of carbonyl (C=O) groups is 2. The number of hydrogen-bond donors (Lipinski definition) is 1. The van der Waals surface area contributed by atoms with E-state index in [-0.39, 0.29) is 46.7 Å². The smallest absolute Gasteiger partial charge is 0.137 e. The number of ketones is 2. The molecule has 4 aliphatic carbocycles. The van der Waals surface area contributed by atoms with Crippen LogP contribution in [-0.2, 0) is 14.3 Å². The number of aliphatic hydroxyl groups excluding tert-OH is 1. The van der Waals surface area contributed by atoms with E-state index in [9.17, 15) is 14.7 Å². The molecule has 5 fully saturated rings. The zero-order valence-corrected chi connectivity index (χ0v) is 21.2. The van der Waals surface area contributed by atoms with Gasteiger partial charge in [0.2, 0.25) is 0 Å². The molecule has 1 aliphatic heterocycles. The maximum atomic E-state index is 13.9. The summed E-state index contributed by atoms with van der Waals surface area (Å²) in [5, 5.41) is 11.2. The van der Waals surface area contributed by atoms with Gasteiger partial charge in [0.25, 0.3) is 0 Å². The summed E-state index contributed by atoms with van der Waals surface area (Å²) >= 11 is 0. The van der Waals surface area contributed by atoms with Crippen molar-refractivity contribution >= 4 is 11.6 Å². The maximum absolute atomic E-state index is 13.9. The Morgan fingerprint density at radius 1 is 1.18 bits per heavy atom. The maximum Gasteiger partial charge on any atom is 0.137 e. The molecule has 0 amide bonds. The van der Waals surface area contributed by atoms with Gasteiger partial charge in [0.05, 0.1) is 18.8 Å². The summed E-state index contributed by atoms with van der Waals surface area (Å²) in [7, 11) is 0. The van der Waals surface area contributed by atoms with Gasteiger partial charge in [-0.15, -0.1) is 0 Å². The number of fused-ring (bicyclic) bond motifs is 5. The predicted molar refractivity (Wildman–Crippen MR) is 128 cm³/mol. The zero-order chi connectivity index (χ0) is 23.5. The van der Waals surface area contributed by atoms with Gasteiger partial charge in [-0.25, -0.2) is 0 Å². The third kappa shape index (κ3) is 3.76. The Hall–Kier alpha value is -0.780. The van der Waals surface area contributed by atoms with E-state index < -0.39 is 0 Å². The van der Waals surface area contributed by atoms with Crippen molar-refractivity contribution in [2.24, 2.45) is 40.4 Å². The van der Waals surface area contributed by atoms with Crippen molar-refractivity contribution in [1.29, 1.82) is 0 Å². The number of hydrogen-bond acceptors (Lipinski definition) is 5. The van der Waals surface area contributed by atoms with Crippen LogP contribution in [0.5, 0.6) is 0 Å². The van der Waals surface area contributed by atoms with Crippen LogP contribution in [-0.4, -0.2) is 59.5 Å². The fourth-order valence-corrected chi connectivity index (χ4v) is 9.68. The molecule has 5 nitrogen and oxygen atoms in total. The first kappa shape index (κ1) is 23.9. The monoisotopic (exact) mass is 459 g/mol. The van der Waals surface area contributed by atoms with Gasteiger partial charge in [-0.1, -0.05) is 27.2 Å². The van der Waals surface area contributed by atoms with Gasteiger partial charge in [-0.3, -0.25) is 14.5 Å². The molecule has 0 spiro atoms. The molecule has 1 N–H and O–H groups in total. The minimum absolute atomic E-state index is 0.0436. The van der Waals surface area contributed by atoms with Crippen LogP contribution >= 0.6 is 0 Å². The normalized spacial score (nSPS) is 50.4. The highest BCUT2D eigenvalue weighted by Gasteiger charge is 2.64. The second kappa shape index (κ2) is 8.71. The lowest BCUT2D eigenvalue weighted by Crippen LogP contribution is -2.63. The summed E-state index contributed by atoms with van der Waals surface area (Å²) in [5.41, 5.74) is -0.184. The number of carbonyl (C=O) groups excluding carboxylic acids is 2. The first-order valence-corrected chi connectivity index (χ1v) is 13.8.